The molecule has 2 aromatic carbocycles. The second-order valence-corrected chi connectivity index (χ2v) is 8.03. The highest BCUT2D eigenvalue weighted by molar-refractivity contribution is 5.95. The van der Waals surface area contributed by atoms with Gasteiger partial charge in [0, 0.05) is 35.2 Å². The largest absolute Gasteiger partial charge is 0.349 e. The van der Waals surface area contributed by atoms with Crippen molar-refractivity contribution in [1.82, 2.24) is 15.3 Å². The van der Waals surface area contributed by atoms with E-state index in [1.807, 2.05) is 36.7 Å². The van der Waals surface area contributed by atoms with Crippen molar-refractivity contribution in [3.63, 3.8) is 0 Å². The Bertz CT molecular complexity index is 975. The third-order valence-electron chi connectivity index (χ3n) is 5.61. The van der Waals surface area contributed by atoms with Gasteiger partial charge in [-0.3, -0.25) is 4.79 Å². The standard InChI is InChI=1S/C25H28N4O/c1-18-11-13-19(14-12-18)21-16-26-25(27-17-21)29-23-10-6-7-20(15-23)24(30)28-22-8-4-2-3-5-9-22/h6-7,10-17,22H,2-5,8-9H2,1H3,(H,28,30)(H,26,27,29). The van der Waals surface area contributed by atoms with Gasteiger partial charge in [-0.25, -0.2) is 9.97 Å². The predicted molar refractivity (Wildman–Crippen MR) is 121 cm³/mol. The molecule has 1 saturated carbocycles. The fourth-order valence-electron chi connectivity index (χ4n) is 3.85. The lowest BCUT2D eigenvalue weighted by atomic mass is 10.1. The van der Waals surface area contributed by atoms with Crippen molar-refractivity contribution < 1.29 is 4.79 Å². The number of rotatable bonds is 5. The fraction of sp³-hybridized carbons (Fsp3) is 0.320. The van der Waals surface area contributed by atoms with Gasteiger partial charge in [0.05, 0.1) is 0 Å². The van der Waals surface area contributed by atoms with Crippen molar-refractivity contribution in [3.8, 4) is 11.1 Å². The lowest BCUT2D eigenvalue weighted by Crippen LogP contribution is -2.34. The molecule has 0 unspecified atom stereocenters. The maximum absolute atomic E-state index is 12.7. The van der Waals surface area contributed by atoms with E-state index in [-0.39, 0.29) is 11.9 Å². The van der Waals surface area contributed by atoms with E-state index in [4.69, 9.17) is 0 Å². The number of aryl methyl sites for hydroxylation is 1. The number of aromatic nitrogens is 2. The number of hydrogen-bond donors (Lipinski definition) is 2. The van der Waals surface area contributed by atoms with Crippen LogP contribution in [-0.2, 0) is 0 Å². The molecule has 0 bridgehead atoms. The molecule has 0 spiro atoms. The van der Waals surface area contributed by atoms with Crippen LogP contribution in [0.3, 0.4) is 0 Å². The molecule has 2 N–H and O–H groups in total. The highest BCUT2D eigenvalue weighted by Gasteiger charge is 2.16. The summed E-state index contributed by atoms with van der Waals surface area (Å²) >= 11 is 0. The van der Waals surface area contributed by atoms with Crippen LogP contribution in [0.15, 0.2) is 60.9 Å². The van der Waals surface area contributed by atoms with Crippen LogP contribution in [0, 0.1) is 6.92 Å². The van der Waals surface area contributed by atoms with Gasteiger partial charge in [-0.2, -0.15) is 0 Å². The Hall–Kier alpha value is -3.21. The van der Waals surface area contributed by atoms with Gasteiger partial charge in [0.25, 0.3) is 5.91 Å². The van der Waals surface area contributed by atoms with Gasteiger partial charge in [-0.15, -0.1) is 0 Å². The van der Waals surface area contributed by atoms with E-state index in [1.54, 1.807) is 0 Å². The summed E-state index contributed by atoms with van der Waals surface area (Å²) in [5.41, 5.74) is 4.73. The summed E-state index contributed by atoms with van der Waals surface area (Å²) < 4.78 is 0. The summed E-state index contributed by atoms with van der Waals surface area (Å²) in [6.45, 7) is 2.07. The first kappa shape index (κ1) is 20.1. The SMILES string of the molecule is Cc1ccc(-c2cnc(Nc3cccc(C(=O)NC4CCCCCC4)c3)nc2)cc1. The van der Waals surface area contributed by atoms with Crippen molar-refractivity contribution in [3.05, 3.63) is 72.1 Å². The molecule has 1 heterocycles. The second-order valence-electron chi connectivity index (χ2n) is 8.03. The Labute approximate surface area is 178 Å². The minimum absolute atomic E-state index is 0.0128. The van der Waals surface area contributed by atoms with Crippen LogP contribution >= 0.6 is 0 Å². The highest BCUT2D eigenvalue weighted by atomic mass is 16.1. The monoisotopic (exact) mass is 400 g/mol. The highest BCUT2D eigenvalue weighted by Crippen LogP contribution is 2.21. The quantitative estimate of drug-likeness (QED) is 0.543. The normalized spacial score (nSPS) is 14.7. The molecule has 1 aromatic heterocycles. The predicted octanol–water partition coefficient (Wildman–Crippen LogP) is 5.65. The maximum atomic E-state index is 12.7. The van der Waals surface area contributed by atoms with E-state index >= 15 is 0 Å². The summed E-state index contributed by atoms with van der Waals surface area (Å²) in [5.74, 6) is 0.494. The summed E-state index contributed by atoms with van der Waals surface area (Å²) in [5, 5.41) is 6.40. The first-order valence-corrected chi connectivity index (χ1v) is 10.7. The fourth-order valence-corrected chi connectivity index (χ4v) is 3.85. The number of carbonyl (C=O) groups excluding carboxylic acids is 1. The zero-order valence-electron chi connectivity index (χ0n) is 17.4. The van der Waals surface area contributed by atoms with Gasteiger partial charge in [0.1, 0.15) is 0 Å². The lowest BCUT2D eigenvalue weighted by molar-refractivity contribution is 0.0933. The molecule has 0 aliphatic heterocycles. The van der Waals surface area contributed by atoms with E-state index in [0.717, 1.165) is 29.7 Å². The van der Waals surface area contributed by atoms with Crippen molar-refractivity contribution >= 4 is 17.5 Å². The Morgan fingerprint density at radius 1 is 0.900 bits per heavy atom. The third-order valence-corrected chi connectivity index (χ3v) is 5.61. The molecule has 30 heavy (non-hydrogen) atoms. The number of benzene rings is 2. The summed E-state index contributed by atoms with van der Waals surface area (Å²) in [6, 6.07) is 16.1. The number of amides is 1. The number of anilines is 2. The second kappa shape index (κ2) is 9.53. The molecule has 154 valence electrons. The Morgan fingerprint density at radius 2 is 1.60 bits per heavy atom. The van der Waals surface area contributed by atoms with Crippen LogP contribution < -0.4 is 10.6 Å². The zero-order valence-corrected chi connectivity index (χ0v) is 17.4. The summed E-state index contributed by atoms with van der Waals surface area (Å²) in [7, 11) is 0. The summed E-state index contributed by atoms with van der Waals surface area (Å²) in [6.07, 6.45) is 10.7. The van der Waals surface area contributed by atoms with Crippen LogP contribution in [0.5, 0.6) is 0 Å². The van der Waals surface area contributed by atoms with Gasteiger partial charge < -0.3 is 10.6 Å². The maximum Gasteiger partial charge on any atom is 0.251 e. The zero-order chi connectivity index (χ0) is 20.8. The van der Waals surface area contributed by atoms with Gasteiger partial charge in [-0.1, -0.05) is 61.6 Å². The Morgan fingerprint density at radius 3 is 2.30 bits per heavy atom. The Balaban J connectivity index is 1.41. The molecule has 4 rings (SSSR count). The van der Waals surface area contributed by atoms with Crippen LogP contribution in [0.2, 0.25) is 0 Å². The minimum atomic E-state index is -0.0128. The van der Waals surface area contributed by atoms with E-state index in [1.165, 1.54) is 31.2 Å². The van der Waals surface area contributed by atoms with Crippen molar-refractivity contribution in [2.45, 2.75) is 51.5 Å². The first-order chi connectivity index (χ1) is 14.7. The molecule has 1 aliphatic rings. The number of carbonyl (C=O) groups is 1. The lowest BCUT2D eigenvalue weighted by Gasteiger charge is -2.16. The van der Waals surface area contributed by atoms with Crippen molar-refractivity contribution in [2.75, 3.05) is 5.32 Å². The molecule has 1 fully saturated rings. The third kappa shape index (κ3) is 5.23. The molecule has 0 radical (unpaired) electrons. The molecule has 1 aliphatic carbocycles. The van der Waals surface area contributed by atoms with Gasteiger partial charge >= 0.3 is 0 Å². The molecule has 0 saturated heterocycles. The molecule has 1 amide bonds. The Kier molecular flexibility index (Phi) is 6.38. The number of hydrogen-bond acceptors (Lipinski definition) is 4. The minimum Gasteiger partial charge on any atom is -0.349 e. The van der Waals surface area contributed by atoms with Crippen LogP contribution in [0.4, 0.5) is 11.6 Å². The van der Waals surface area contributed by atoms with E-state index in [9.17, 15) is 4.79 Å². The molecular weight excluding hydrogens is 372 g/mol. The molecule has 5 nitrogen and oxygen atoms in total. The van der Waals surface area contributed by atoms with E-state index in [2.05, 4.69) is 51.8 Å². The van der Waals surface area contributed by atoms with E-state index < -0.39 is 0 Å². The van der Waals surface area contributed by atoms with Gasteiger partial charge in [0.2, 0.25) is 5.95 Å². The average Bonchev–Trinajstić information content (AvgIpc) is 3.04. The van der Waals surface area contributed by atoms with Crippen LogP contribution in [-0.4, -0.2) is 21.9 Å². The van der Waals surface area contributed by atoms with Gasteiger partial charge in [-0.05, 0) is 43.5 Å². The smallest absolute Gasteiger partial charge is 0.251 e. The van der Waals surface area contributed by atoms with Crippen LogP contribution in [0.1, 0.15) is 54.4 Å². The molecular formula is C25H28N4O. The molecule has 5 heteroatoms. The topological polar surface area (TPSA) is 66.9 Å². The first-order valence-electron chi connectivity index (χ1n) is 10.7. The van der Waals surface area contributed by atoms with Gasteiger partial charge in [0.15, 0.2) is 0 Å². The summed E-state index contributed by atoms with van der Waals surface area (Å²) in [4.78, 5) is 21.5. The molecule has 3 aromatic rings. The number of nitrogens with one attached hydrogen (secondary N) is 2. The van der Waals surface area contributed by atoms with Crippen LogP contribution in [0.25, 0.3) is 11.1 Å². The van der Waals surface area contributed by atoms with E-state index in [0.29, 0.717) is 11.5 Å². The van der Waals surface area contributed by atoms with Crippen molar-refractivity contribution in [1.29, 1.82) is 0 Å². The van der Waals surface area contributed by atoms with Crippen molar-refractivity contribution in [2.24, 2.45) is 0 Å². The number of nitrogens with zero attached hydrogens (tertiary/aromatic N) is 2. The average molecular weight is 401 g/mol. The molecule has 0 atom stereocenters.